The molecule has 10 nitrogen and oxygen atoms in total. The zero-order valence-corrected chi connectivity index (χ0v) is 24.9. The number of halogens is 6. The lowest BCUT2D eigenvalue weighted by Crippen LogP contribution is -2.52. The Bertz CT molecular complexity index is 1470. The highest BCUT2D eigenvalue weighted by Gasteiger charge is 2.55. The number of aryl methyl sites for hydroxylation is 2. The highest BCUT2D eigenvalue weighted by Crippen LogP contribution is 2.49. The molecule has 2 saturated heterocycles. The minimum atomic E-state index is -5.08. The molecule has 0 bridgehead atoms. The van der Waals surface area contributed by atoms with Crippen LogP contribution < -0.4 is 0 Å². The van der Waals surface area contributed by atoms with Crippen LogP contribution in [0.3, 0.4) is 0 Å². The highest BCUT2D eigenvalue weighted by molar-refractivity contribution is 5.85. The molecule has 2 aliphatic heterocycles. The van der Waals surface area contributed by atoms with Crippen molar-refractivity contribution >= 4 is 17.8 Å². The number of aliphatic carboxylic acids is 2. The van der Waals surface area contributed by atoms with Crippen LogP contribution in [0.15, 0.2) is 60.8 Å². The summed E-state index contributed by atoms with van der Waals surface area (Å²) in [5, 5.41) is 18.7. The number of carbonyl (C=O) groups excluding carboxylic acids is 1. The SMILES string of the molecule is Cc1cccc(CN2C[C@@H](c3ccnn3C)[C@@]3(CCCN(Cc4ccccc4)C3=O)C2)n1.O=C(O)C(F)(F)F.O=C(O)C(F)(F)F. The summed E-state index contributed by atoms with van der Waals surface area (Å²) < 4.78 is 65.4. The predicted octanol–water partition coefficient (Wildman–Crippen LogP) is 4.80. The summed E-state index contributed by atoms with van der Waals surface area (Å²) in [5.41, 5.74) is 4.02. The van der Waals surface area contributed by atoms with Gasteiger partial charge in [-0.15, -0.1) is 0 Å². The fraction of sp³-hybridized carbons (Fsp3) is 0.433. The Kier molecular flexibility index (Phi) is 11.5. The summed E-state index contributed by atoms with van der Waals surface area (Å²) in [4.78, 5) is 41.1. The van der Waals surface area contributed by atoms with E-state index < -0.39 is 29.7 Å². The molecular formula is C30H33F6N5O5. The molecule has 0 radical (unpaired) electrons. The van der Waals surface area contributed by atoms with E-state index in [9.17, 15) is 31.1 Å². The molecular weight excluding hydrogens is 624 g/mol. The van der Waals surface area contributed by atoms with Crippen molar-refractivity contribution < 1.29 is 50.9 Å². The summed E-state index contributed by atoms with van der Waals surface area (Å²) in [6, 6.07) is 18.6. The minimum Gasteiger partial charge on any atom is -0.475 e. The van der Waals surface area contributed by atoms with E-state index in [1.54, 1.807) is 0 Å². The van der Waals surface area contributed by atoms with Gasteiger partial charge in [-0.1, -0.05) is 36.4 Å². The third kappa shape index (κ3) is 9.28. The predicted molar refractivity (Wildman–Crippen MR) is 151 cm³/mol. The van der Waals surface area contributed by atoms with Crippen LogP contribution in [0.25, 0.3) is 0 Å². The first-order chi connectivity index (χ1) is 21.4. The van der Waals surface area contributed by atoms with Crippen LogP contribution >= 0.6 is 0 Å². The van der Waals surface area contributed by atoms with Gasteiger partial charge in [0, 0.05) is 63.3 Å². The van der Waals surface area contributed by atoms with Crippen LogP contribution in [0.5, 0.6) is 0 Å². The number of carboxylic acid groups (broad SMARTS) is 2. The number of piperidine rings is 1. The van der Waals surface area contributed by atoms with Crippen LogP contribution in [0, 0.1) is 12.3 Å². The van der Waals surface area contributed by atoms with E-state index in [0.717, 1.165) is 56.1 Å². The summed E-state index contributed by atoms with van der Waals surface area (Å²) in [7, 11) is 1.99. The van der Waals surface area contributed by atoms with E-state index >= 15 is 0 Å². The van der Waals surface area contributed by atoms with Gasteiger partial charge < -0.3 is 15.1 Å². The van der Waals surface area contributed by atoms with Gasteiger partial charge in [-0.2, -0.15) is 31.4 Å². The summed E-state index contributed by atoms with van der Waals surface area (Å²) in [6.07, 6.45) is -6.36. The zero-order chi connectivity index (χ0) is 34.3. The number of nitrogens with zero attached hydrogens (tertiary/aromatic N) is 5. The average molecular weight is 658 g/mol. The van der Waals surface area contributed by atoms with Crippen molar-refractivity contribution in [1.82, 2.24) is 24.6 Å². The number of aromatic nitrogens is 3. The molecule has 0 aliphatic carbocycles. The Hall–Kier alpha value is -4.47. The van der Waals surface area contributed by atoms with Gasteiger partial charge in [0.15, 0.2) is 0 Å². The smallest absolute Gasteiger partial charge is 0.475 e. The second kappa shape index (κ2) is 14.7. The third-order valence-corrected chi connectivity index (χ3v) is 7.63. The summed E-state index contributed by atoms with van der Waals surface area (Å²) in [5.74, 6) is -5.09. The van der Waals surface area contributed by atoms with E-state index in [0.29, 0.717) is 12.5 Å². The Labute approximate surface area is 260 Å². The van der Waals surface area contributed by atoms with Gasteiger partial charge in [-0.25, -0.2) is 9.59 Å². The molecule has 0 unspecified atom stereocenters. The lowest BCUT2D eigenvalue weighted by Gasteiger charge is -2.42. The Morgan fingerprint density at radius 1 is 0.935 bits per heavy atom. The average Bonchev–Trinajstić information content (AvgIpc) is 3.54. The van der Waals surface area contributed by atoms with Crippen molar-refractivity contribution in [1.29, 1.82) is 0 Å². The van der Waals surface area contributed by atoms with Gasteiger partial charge in [0.1, 0.15) is 0 Å². The molecule has 3 aromatic rings. The van der Waals surface area contributed by atoms with Crippen molar-refractivity contribution in [3.05, 3.63) is 83.4 Å². The molecule has 0 saturated carbocycles. The van der Waals surface area contributed by atoms with E-state index in [1.807, 2.05) is 49.1 Å². The molecule has 1 amide bonds. The van der Waals surface area contributed by atoms with Gasteiger partial charge in [-0.3, -0.25) is 19.4 Å². The van der Waals surface area contributed by atoms with E-state index in [1.165, 1.54) is 5.56 Å². The number of amides is 1. The lowest BCUT2D eigenvalue weighted by atomic mass is 9.70. The number of rotatable bonds is 5. The van der Waals surface area contributed by atoms with Crippen LogP contribution in [0.2, 0.25) is 0 Å². The van der Waals surface area contributed by atoms with Crippen LogP contribution in [-0.2, 0) is 34.5 Å². The minimum absolute atomic E-state index is 0.130. The fourth-order valence-corrected chi connectivity index (χ4v) is 5.68. The van der Waals surface area contributed by atoms with Crippen LogP contribution in [0.4, 0.5) is 26.3 Å². The van der Waals surface area contributed by atoms with Gasteiger partial charge in [0.2, 0.25) is 5.91 Å². The van der Waals surface area contributed by atoms with E-state index in [4.69, 9.17) is 24.8 Å². The molecule has 2 N–H and O–H groups in total. The van der Waals surface area contributed by atoms with Crippen molar-refractivity contribution in [2.45, 2.75) is 51.1 Å². The van der Waals surface area contributed by atoms with Gasteiger partial charge >= 0.3 is 24.3 Å². The molecule has 2 aliphatic rings. The van der Waals surface area contributed by atoms with Gasteiger partial charge in [0.25, 0.3) is 0 Å². The molecule has 2 atom stereocenters. The Morgan fingerprint density at radius 2 is 1.54 bits per heavy atom. The van der Waals surface area contributed by atoms with Crippen LogP contribution in [0.1, 0.15) is 41.4 Å². The number of hydrogen-bond donors (Lipinski definition) is 2. The first-order valence-electron chi connectivity index (χ1n) is 14.0. The molecule has 46 heavy (non-hydrogen) atoms. The van der Waals surface area contributed by atoms with E-state index in [-0.39, 0.29) is 5.92 Å². The number of benzene rings is 1. The Morgan fingerprint density at radius 3 is 2.07 bits per heavy atom. The van der Waals surface area contributed by atoms with Gasteiger partial charge in [0.05, 0.1) is 11.1 Å². The monoisotopic (exact) mass is 657 g/mol. The zero-order valence-electron chi connectivity index (χ0n) is 24.9. The molecule has 1 spiro atoms. The third-order valence-electron chi connectivity index (χ3n) is 7.63. The maximum Gasteiger partial charge on any atom is 0.490 e. The topological polar surface area (TPSA) is 129 Å². The maximum absolute atomic E-state index is 14.1. The van der Waals surface area contributed by atoms with Crippen molar-refractivity contribution in [2.24, 2.45) is 12.5 Å². The first-order valence-corrected chi connectivity index (χ1v) is 14.0. The molecule has 4 heterocycles. The Balaban J connectivity index is 0.000000345. The second-order valence-electron chi connectivity index (χ2n) is 11.0. The molecule has 250 valence electrons. The van der Waals surface area contributed by atoms with Gasteiger partial charge in [-0.05, 0) is 43.5 Å². The molecule has 1 aromatic carbocycles. The van der Waals surface area contributed by atoms with E-state index in [2.05, 4.69) is 45.2 Å². The molecule has 2 fully saturated rings. The van der Waals surface area contributed by atoms with Crippen molar-refractivity contribution in [3.8, 4) is 0 Å². The largest absolute Gasteiger partial charge is 0.490 e. The molecule has 2 aromatic heterocycles. The second-order valence-corrected chi connectivity index (χ2v) is 11.0. The quantitative estimate of drug-likeness (QED) is 0.375. The number of alkyl halides is 6. The van der Waals surface area contributed by atoms with Crippen LogP contribution in [-0.4, -0.2) is 84.6 Å². The molecule has 16 heteroatoms. The number of pyridine rings is 1. The fourth-order valence-electron chi connectivity index (χ4n) is 5.68. The maximum atomic E-state index is 14.1. The standard InChI is InChI=1S/C26H31N5O.2C2HF3O2/c1-20-8-6-11-22(28-20)17-30-18-23(24-12-14-27-29(24)2)26(19-30)13-7-15-31(25(26)32)16-21-9-4-3-5-10-21;2*3-2(4,5)1(6)7/h3-6,8-12,14,23H,7,13,15-19H2,1-2H3;2*(H,6,7)/t23-,26+;;/m0../s1. The normalized spacial score (nSPS) is 20.0. The number of carbonyl (C=O) groups is 3. The number of hydrogen-bond acceptors (Lipinski definition) is 6. The highest BCUT2D eigenvalue weighted by atomic mass is 19.4. The lowest BCUT2D eigenvalue weighted by molar-refractivity contribution is -0.193. The van der Waals surface area contributed by atoms with Crippen molar-refractivity contribution in [2.75, 3.05) is 19.6 Å². The molecule has 5 rings (SSSR count). The first kappa shape index (κ1) is 36.0. The number of likely N-dealkylation sites (tertiary alicyclic amines) is 2. The summed E-state index contributed by atoms with van der Waals surface area (Å²) in [6.45, 7) is 5.91. The van der Waals surface area contributed by atoms with Crippen molar-refractivity contribution in [3.63, 3.8) is 0 Å². The summed E-state index contributed by atoms with van der Waals surface area (Å²) >= 11 is 0. The number of carboxylic acids is 2.